The summed E-state index contributed by atoms with van der Waals surface area (Å²) in [5.74, 6) is -1.98. The lowest BCUT2D eigenvalue weighted by Crippen LogP contribution is -2.48. The van der Waals surface area contributed by atoms with Gasteiger partial charge < -0.3 is 19.7 Å². The highest BCUT2D eigenvalue weighted by Gasteiger charge is 2.32. The highest BCUT2D eigenvalue weighted by atomic mass is 16.4. The van der Waals surface area contributed by atoms with E-state index in [1.807, 2.05) is 4.90 Å². The predicted molar refractivity (Wildman–Crippen MR) is 89.2 cm³/mol. The van der Waals surface area contributed by atoms with Crippen LogP contribution in [0.15, 0.2) is 30.5 Å². The molecule has 0 aliphatic carbocycles. The Balaban J connectivity index is 2.01. The first-order chi connectivity index (χ1) is 12.0. The van der Waals surface area contributed by atoms with Crippen LogP contribution in [0, 0.1) is 0 Å². The van der Waals surface area contributed by atoms with Crippen LogP contribution in [0.2, 0.25) is 0 Å². The average Bonchev–Trinajstić information content (AvgIpc) is 2.93. The van der Waals surface area contributed by atoms with Gasteiger partial charge in [-0.1, -0.05) is 18.2 Å². The monoisotopic (exact) mass is 345 g/mol. The Kier molecular flexibility index (Phi) is 4.71. The molecule has 0 radical (unpaired) electrons. The topological polar surface area (TPSA) is 103 Å². The molecule has 1 aliphatic heterocycles. The van der Waals surface area contributed by atoms with Crippen molar-refractivity contribution in [3.63, 3.8) is 0 Å². The third-order valence-corrected chi connectivity index (χ3v) is 4.52. The molecule has 1 atom stereocenters. The van der Waals surface area contributed by atoms with E-state index in [0.717, 1.165) is 11.8 Å². The van der Waals surface area contributed by atoms with Crippen molar-refractivity contribution in [2.45, 2.75) is 12.6 Å². The van der Waals surface area contributed by atoms with Crippen LogP contribution in [0.1, 0.15) is 11.6 Å². The van der Waals surface area contributed by atoms with Crippen LogP contribution in [-0.4, -0.2) is 69.1 Å². The summed E-state index contributed by atoms with van der Waals surface area (Å²) in [6.07, 6.45) is 2.38. The second kappa shape index (κ2) is 6.94. The third kappa shape index (κ3) is 3.34. The van der Waals surface area contributed by atoms with E-state index in [1.165, 1.54) is 0 Å². The van der Waals surface area contributed by atoms with Crippen molar-refractivity contribution < 1.29 is 24.6 Å². The molecule has 1 aromatic heterocycles. The summed E-state index contributed by atoms with van der Waals surface area (Å²) in [5, 5.41) is 19.6. The zero-order chi connectivity index (χ0) is 18.0. The number of para-hydroxylation sites is 1. The van der Waals surface area contributed by atoms with Gasteiger partial charge in [-0.15, -0.1) is 0 Å². The second-order valence-electron chi connectivity index (χ2n) is 6.04. The van der Waals surface area contributed by atoms with E-state index in [2.05, 4.69) is 0 Å². The average molecular weight is 345 g/mol. The van der Waals surface area contributed by atoms with E-state index in [0.29, 0.717) is 37.3 Å². The van der Waals surface area contributed by atoms with Gasteiger partial charge in [0.15, 0.2) is 0 Å². The molecule has 25 heavy (non-hydrogen) atoms. The number of carbonyl (C=O) groups excluding carboxylic acids is 1. The molecular weight excluding hydrogens is 326 g/mol. The van der Waals surface area contributed by atoms with Gasteiger partial charge in [0.25, 0.3) is 0 Å². The molecule has 8 heteroatoms. The molecule has 3 rings (SSSR count). The lowest BCUT2D eigenvalue weighted by atomic mass is 10.0. The number of rotatable bonds is 6. The fourth-order valence-electron chi connectivity index (χ4n) is 3.36. The molecule has 1 aliphatic rings. The van der Waals surface area contributed by atoms with Crippen molar-refractivity contribution in [1.29, 1.82) is 0 Å². The standard InChI is InChI=1S/C17H19N3O5/c21-11-18-5-7-19(8-6-18)16(17(24)25)13-9-20(10-15(22)23)14-4-2-1-3-12(13)14/h1-4,9,11,16H,5-8,10H2,(H,22,23)(H,24,25). The van der Waals surface area contributed by atoms with Crippen molar-refractivity contribution >= 4 is 29.3 Å². The Labute approximate surface area is 143 Å². The highest BCUT2D eigenvalue weighted by Crippen LogP contribution is 2.31. The van der Waals surface area contributed by atoms with Crippen molar-refractivity contribution in [1.82, 2.24) is 14.4 Å². The molecule has 1 aromatic carbocycles. The van der Waals surface area contributed by atoms with Crippen molar-refractivity contribution in [2.75, 3.05) is 26.2 Å². The molecular formula is C17H19N3O5. The number of nitrogens with zero attached hydrogens (tertiary/aromatic N) is 3. The maximum Gasteiger partial charge on any atom is 0.325 e. The molecule has 132 valence electrons. The molecule has 0 saturated carbocycles. The smallest absolute Gasteiger partial charge is 0.325 e. The van der Waals surface area contributed by atoms with E-state index in [1.54, 1.807) is 39.9 Å². The maximum atomic E-state index is 12.0. The van der Waals surface area contributed by atoms with Crippen LogP contribution in [0.25, 0.3) is 10.9 Å². The number of hydrogen-bond donors (Lipinski definition) is 2. The third-order valence-electron chi connectivity index (χ3n) is 4.52. The molecule has 8 nitrogen and oxygen atoms in total. The summed E-state index contributed by atoms with van der Waals surface area (Å²) in [7, 11) is 0. The van der Waals surface area contributed by atoms with Gasteiger partial charge in [-0.25, -0.2) is 0 Å². The number of fused-ring (bicyclic) bond motifs is 1. The number of amides is 1. The van der Waals surface area contributed by atoms with Gasteiger partial charge in [-0.05, 0) is 6.07 Å². The van der Waals surface area contributed by atoms with Crippen LogP contribution in [0.3, 0.4) is 0 Å². The summed E-state index contributed by atoms with van der Waals surface area (Å²) in [6, 6.07) is 6.31. The van der Waals surface area contributed by atoms with Crippen molar-refractivity contribution in [3.05, 3.63) is 36.0 Å². The molecule has 0 spiro atoms. The Morgan fingerprint density at radius 1 is 1.12 bits per heavy atom. The minimum atomic E-state index is -0.988. The highest BCUT2D eigenvalue weighted by molar-refractivity contribution is 5.90. The summed E-state index contributed by atoms with van der Waals surface area (Å²) in [6.45, 7) is 1.62. The van der Waals surface area contributed by atoms with Gasteiger partial charge in [0.1, 0.15) is 12.6 Å². The van der Waals surface area contributed by atoms with Crippen LogP contribution in [0.4, 0.5) is 0 Å². The van der Waals surface area contributed by atoms with E-state index in [4.69, 9.17) is 5.11 Å². The molecule has 1 fully saturated rings. The molecule has 2 N–H and O–H groups in total. The SMILES string of the molecule is O=CN1CCN(C(C(=O)O)c2cn(CC(=O)O)c3ccccc23)CC1. The minimum absolute atomic E-state index is 0.230. The lowest BCUT2D eigenvalue weighted by Gasteiger charge is -2.36. The molecule has 1 amide bonds. The second-order valence-corrected chi connectivity index (χ2v) is 6.04. The predicted octanol–water partition coefficient (Wildman–Crippen LogP) is 0.626. The van der Waals surface area contributed by atoms with E-state index in [-0.39, 0.29) is 6.54 Å². The number of carbonyl (C=O) groups is 3. The van der Waals surface area contributed by atoms with Crippen LogP contribution < -0.4 is 0 Å². The number of benzene rings is 1. The van der Waals surface area contributed by atoms with Gasteiger partial charge in [-0.3, -0.25) is 19.3 Å². The fourth-order valence-corrected chi connectivity index (χ4v) is 3.36. The fraction of sp³-hybridized carbons (Fsp3) is 0.353. The van der Waals surface area contributed by atoms with Gasteiger partial charge >= 0.3 is 11.9 Å². The van der Waals surface area contributed by atoms with E-state index >= 15 is 0 Å². The van der Waals surface area contributed by atoms with E-state index in [9.17, 15) is 19.5 Å². The quantitative estimate of drug-likeness (QED) is 0.744. The van der Waals surface area contributed by atoms with Crippen molar-refractivity contribution in [2.24, 2.45) is 0 Å². The number of aliphatic carboxylic acids is 2. The summed E-state index contributed by atoms with van der Waals surface area (Å²) in [4.78, 5) is 37.4. The minimum Gasteiger partial charge on any atom is -0.480 e. The molecule has 1 unspecified atom stereocenters. The molecule has 0 bridgehead atoms. The number of carboxylic acids is 2. The first-order valence-electron chi connectivity index (χ1n) is 7.97. The summed E-state index contributed by atoms with van der Waals surface area (Å²) in [5.41, 5.74) is 1.27. The zero-order valence-corrected chi connectivity index (χ0v) is 13.5. The Morgan fingerprint density at radius 3 is 2.40 bits per heavy atom. The Bertz CT molecular complexity index is 808. The summed E-state index contributed by atoms with van der Waals surface area (Å²) >= 11 is 0. The lowest BCUT2D eigenvalue weighted by molar-refractivity contribution is -0.144. The number of aromatic nitrogens is 1. The van der Waals surface area contributed by atoms with Crippen LogP contribution in [-0.2, 0) is 20.9 Å². The summed E-state index contributed by atoms with van der Waals surface area (Å²) < 4.78 is 1.56. The van der Waals surface area contributed by atoms with Gasteiger partial charge in [0.05, 0.1) is 0 Å². The van der Waals surface area contributed by atoms with E-state index < -0.39 is 18.0 Å². The van der Waals surface area contributed by atoms with Crippen LogP contribution in [0.5, 0.6) is 0 Å². The van der Waals surface area contributed by atoms with Gasteiger partial charge in [0, 0.05) is 48.8 Å². The van der Waals surface area contributed by atoms with Crippen molar-refractivity contribution in [3.8, 4) is 0 Å². The largest absolute Gasteiger partial charge is 0.480 e. The zero-order valence-electron chi connectivity index (χ0n) is 13.5. The first-order valence-corrected chi connectivity index (χ1v) is 7.97. The Hall–Kier alpha value is -2.87. The molecule has 2 aromatic rings. The first kappa shape index (κ1) is 17.0. The Morgan fingerprint density at radius 2 is 1.80 bits per heavy atom. The number of hydrogen-bond acceptors (Lipinski definition) is 4. The molecule has 2 heterocycles. The maximum absolute atomic E-state index is 12.0. The van der Waals surface area contributed by atoms with Crippen LogP contribution >= 0.6 is 0 Å². The number of carboxylic acid groups (broad SMARTS) is 2. The molecule has 1 saturated heterocycles. The van der Waals surface area contributed by atoms with Gasteiger partial charge in [-0.2, -0.15) is 0 Å². The normalized spacial score (nSPS) is 16.7. The number of piperazine rings is 1. The van der Waals surface area contributed by atoms with Gasteiger partial charge in [0.2, 0.25) is 6.41 Å².